The molecule has 0 aliphatic heterocycles. The standard InChI is InChI=1S/C33H21F9N6/c1-16-25(19-10-4-7-13-22(19)31(34,35)36)43-46-28(16)47-30(17(2)26(44-47)20-11-5-8-14-23(20)32(37,38)39)48-29(46)18(3)27(45-48)21-12-6-9-15-24(21)33(40,41)42/h4-15H,1-3H3. The van der Waals surface area contributed by atoms with Gasteiger partial charge in [0.05, 0.1) is 33.8 Å². The summed E-state index contributed by atoms with van der Waals surface area (Å²) in [6, 6.07) is 14.3. The second-order valence-corrected chi connectivity index (χ2v) is 11.3. The van der Waals surface area contributed by atoms with Crippen LogP contribution in [0.3, 0.4) is 0 Å². The first-order chi connectivity index (χ1) is 22.5. The first kappa shape index (κ1) is 31.3. The summed E-state index contributed by atoms with van der Waals surface area (Å²) in [6.45, 7) is 4.48. The minimum Gasteiger partial charge on any atom is -0.196 e. The second kappa shape index (κ2) is 10.3. The molecule has 0 atom stereocenters. The topological polar surface area (TPSA) is 51.9 Å². The van der Waals surface area contributed by atoms with Crippen LogP contribution in [0.1, 0.15) is 33.4 Å². The number of nitrogens with zero attached hydrogens (tertiary/aromatic N) is 6. The third kappa shape index (κ3) is 4.62. The molecule has 0 saturated heterocycles. The first-order valence-corrected chi connectivity index (χ1v) is 14.3. The van der Waals surface area contributed by atoms with E-state index in [2.05, 4.69) is 15.3 Å². The van der Waals surface area contributed by atoms with E-state index in [4.69, 9.17) is 0 Å². The van der Waals surface area contributed by atoms with E-state index in [0.29, 0.717) is 0 Å². The molecule has 0 aliphatic carbocycles. The Morgan fingerprint density at radius 3 is 0.854 bits per heavy atom. The van der Waals surface area contributed by atoms with Gasteiger partial charge in [-0.05, 0) is 39.0 Å². The lowest BCUT2D eigenvalue weighted by Crippen LogP contribution is -2.07. The van der Waals surface area contributed by atoms with Gasteiger partial charge in [-0.25, -0.2) is 0 Å². The van der Waals surface area contributed by atoms with E-state index in [-0.39, 0.29) is 67.4 Å². The molecule has 0 aliphatic rings. The zero-order valence-corrected chi connectivity index (χ0v) is 25.0. The van der Waals surface area contributed by atoms with Crippen molar-refractivity contribution in [2.75, 3.05) is 0 Å². The minimum absolute atomic E-state index is 0.0852. The molecule has 6 nitrogen and oxygen atoms in total. The highest BCUT2D eigenvalue weighted by atomic mass is 19.4. The molecule has 0 N–H and O–H groups in total. The zero-order valence-electron chi connectivity index (χ0n) is 25.0. The molecular formula is C33H21F9N6. The van der Waals surface area contributed by atoms with Crippen molar-refractivity contribution in [3.05, 3.63) is 106 Å². The van der Waals surface area contributed by atoms with E-state index in [1.54, 1.807) is 0 Å². The average Bonchev–Trinajstić information content (AvgIpc) is 3.66. The summed E-state index contributed by atoms with van der Waals surface area (Å²) in [5.41, 5.74) is -3.27. The molecule has 0 saturated carbocycles. The van der Waals surface area contributed by atoms with Crippen molar-refractivity contribution in [1.29, 1.82) is 0 Å². The highest BCUT2D eigenvalue weighted by molar-refractivity contribution is 5.83. The number of aromatic nitrogens is 6. The lowest BCUT2D eigenvalue weighted by atomic mass is 10.0. The molecule has 4 heterocycles. The van der Waals surface area contributed by atoms with Gasteiger partial charge in [0.1, 0.15) is 0 Å². The van der Waals surface area contributed by atoms with Gasteiger partial charge >= 0.3 is 18.5 Å². The molecule has 0 bridgehead atoms. The van der Waals surface area contributed by atoms with E-state index in [9.17, 15) is 39.5 Å². The summed E-state index contributed by atoms with van der Waals surface area (Å²) in [5, 5.41) is 13.6. The maximum absolute atomic E-state index is 14.1. The summed E-state index contributed by atoms with van der Waals surface area (Å²) in [6.07, 6.45) is -14.3. The first-order valence-electron chi connectivity index (χ1n) is 14.3. The van der Waals surface area contributed by atoms with Crippen LogP contribution in [0, 0.1) is 20.8 Å². The Kier molecular flexibility index (Phi) is 6.73. The quantitative estimate of drug-likeness (QED) is 0.176. The summed E-state index contributed by atoms with van der Waals surface area (Å²) >= 11 is 0. The van der Waals surface area contributed by atoms with Gasteiger partial charge in [-0.2, -0.15) is 68.4 Å². The molecule has 48 heavy (non-hydrogen) atoms. The van der Waals surface area contributed by atoms with Crippen LogP contribution in [0.5, 0.6) is 0 Å². The Bertz CT molecular complexity index is 2110. The molecular weight excluding hydrogens is 651 g/mol. The smallest absolute Gasteiger partial charge is 0.196 e. The van der Waals surface area contributed by atoms with E-state index in [0.717, 1.165) is 18.2 Å². The molecule has 0 fully saturated rings. The molecule has 0 spiro atoms. The van der Waals surface area contributed by atoms with Crippen molar-refractivity contribution in [2.45, 2.75) is 39.3 Å². The van der Waals surface area contributed by atoms with Crippen LogP contribution in [0.4, 0.5) is 39.5 Å². The number of hydrogen-bond donors (Lipinski definition) is 0. The van der Waals surface area contributed by atoms with Gasteiger partial charge in [-0.3, -0.25) is 0 Å². The summed E-state index contributed by atoms with van der Waals surface area (Å²) in [4.78, 5) is 0. The van der Waals surface area contributed by atoms with Gasteiger partial charge in [0.15, 0.2) is 16.9 Å². The molecule has 0 amide bonds. The van der Waals surface area contributed by atoms with Crippen LogP contribution in [0.15, 0.2) is 72.8 Å². The van der Waals surface area contributed by atoms with Crippen LogP contribution in [0.25, 0.3) is 50.7 Å². The second-order valence-electron chi connectivity index (χ2n) is 11.3. The third-order valence-corrected chi connectivity index (χ3v) is 8.34. The van der Waals surface area contributed by atoms with E-state index in [1.165, 1.54) is 88.9 Å². The van der Waals surface area contributed by atoms with Crippen LogP contribution in [-0.4, -0.2) is 28.8 Å². The Morgan fingerprint density at radius 1 is 0.396 bits per heavy atom. The molecule has 0 unspecified atom stereocenters. The van der Waals surface area contributed by atoms with Crippen molar-refractivity contribution in [2.24, 2.45) is 0 Å². The maximum atomic E-state index is 14.1. The van der Waals surface area contributed by atoms with Gasteiger partial charge in [0.2, 0.25) is 0 Å². The van der Waals surface area contributed by atoms with Gasteiger partial charge in [-0.1, -0.05) is 54.6 Å². The Labute approximate surface area is 264 Å². The highest BCUT2D eigenvalue weighted by Gasteiger charge is 2.38. The normalized spacial score (nSPS) is 13.0. The monoisotopic (exact) mass is 672 g/mol. The molecule has 7 aromatic rings. The molecule has 15 heteroatoms. The number of benzene rings is 3. The fourth-order valence-corrected chi connectivity index (χ4v) is 6.23. The van der Waals surface area contributed by atoms with Gasteiger partial charge in [0, 0.05) is 33.4 Å². The van der Waals surface area contributed by atoms with Gasteiger partial charge in [0.25, 0.3) is 0 Å². The van der Waals surface area contributed by atoms with Crippen molar-refractivity contribution >= 4 is 16.9 Å². The zero-order chi connectivity index (χ0) is 34.5. The van der Waals surface area contributed by atoms with Crippen LogP contribution in [0.2, 0.25) is 0 Å². The Balaban J connectivity index is 1.67. The lowest BCUT2D eigenvalue weighted by Gasteiger charge is -2.11. The summed E-state index contributed by atoms with van der Waals surface area (Å²) in [5.74, 6) is 0. The predicted molar refractivity (Wildman–Crippen MR) is 158 cm³/mol. The molecule has 4 aromatic heterocycles. The predicted octanol–water partition coefficient (Wildman–Crippen LogP) is 9.61. The van der Waals surface area contributed by atoms with Crippen molar-refractivity contribution in [1.82, 2.24) is 28.8 Å². The van der Waals surface area contributed by atoms with E-state index < -0.39 is 35.2 Å². The number of hydrogen-bond acceptors (Lipinski definition) is 3. The van der Waals surface area contributed by atoms with E-state index >= 15 is 0 Å². The van der Waals surface area contributed by atoms with Crippen molar-refractivity contribution in [3.63, 3.8) is 0 Å². The molecule has 3 aromatic carbocycles. The van der Waals surface area contributed by atoms with Crippen LogP contribution in [-0.2, 0) is 18.5 Å². The fraction of sp³-hybridized carbons (Fsp3) is 0.182. The fourth-order valence-electron chi connectivity index (χ4n) is 6.23. The average molecular weight is 673 g/mol. The van der Waals surface area contributed by atoms with Gasteiger partial charge < -0.3 is 0 Å². The number of halogens is 9. The molecule has 0 radical (unpaired) electrons. The SMILES string of the molecule is Cc1c(-c2ccccc2C(F)(F)F)nn2c1n1nc(-c3ccccc3C(F)(F)F)c(C)c1n1nc(-c3ccccc3C(F)(F)F)c(C)c21. The van der Waals surface area contributed by atoms with E-state index in [1.807, 2.05) is 0 Å². The largest absolute Gasteiger partial charge is 0.417 e. The Hall–Kier alpha value is -5.34. The lowest BCUT2D eigenvalue weighted by molar-refractivity contribution is -0.137. The minimum atomic E-state index is -4.76. The molecule has 7 rings (SSSR count). The van der Waals surface area contributed by atoms with Crippen molar-refractivity contribution < 1.29 is 39.5 Å². The van der Waals surface area contributed by atoms with Crippen molar-refractivity contribution in [3.8, 4) is 33.8 Å². The van der Waals surface area contributed by atoms with Crippen LogP contribution < -0.4 is 0 Å². The maximum Gasteiger partial charge on any atom is 0.417 e. The Morgan fingerprint density at radius 2 is 0.625 bits per heavy atom. The number of aryl methyl sites for hydroxylation is 3. The summed E-state index contributed by atoms with van der Waals surface area (Å²) < 4.78 is 131. The third-order valence-electron chi connectivity index (χ3n) is 8.34. The van der Waals surface area contributed by atoms with Crippen LogP contribution >= 0.6 is 0 Å². The summed E-state index contributed by atoms with van der Waals surface area (Å²) in [7, 11) is 0. The molecule has 246 valence electrons. The number of fused-ring (bicyclic) bond motifs is 6. The highest BCUT2D eigenvalue weighted by Crippen LogP contribution is 2.43. The van der Waals surface area contributed by atoms with Gasteiger partial charge in [-0.15, -0.1) is 0 Å². The number of rotatable bonds is 3. The number of alkyl halides is 9.